The highest BCUT2D eigenvalue weighted by Crippen LogP contribution is 2.32. The van der Waals surface area contributed by atoms with Crippen molar-refractivity contribution < 1.29 is 23.9 Å². The highest BCUT2D eigenvalue weighted by molar-refractivity contribution is 6.35. The summed E-state index contributed by atoms with van der Waals surface area (Å²) in [5.41, 5.74) is 2.76. The number of amides is 3. The second-order valence-electron chi connectivity index (χ2n) is 9.01. The third-order valence-electron chi connectivity index (χ3n) is 6.52. The van der Waals surface area contributed by atoms with Crippen LogP contribution in [0.5, 0.6) is 0 Å². The standard InChI is InChI=1S/C26H28N2O5/c1-15-8-9-17(3)22(12-15)28-24(30)19-11-10-18(13-20(19)25(28)31)26(32)33-14-23(29)27-21-7-5-4-6-16(21)2/h8-13,16,21H,4-7,14H2,1-3H3,(H,27,29)/t16-,21+/m1/s1. The first-order valence-corrected chi connectivity index (χ1v) is 11.3. The number of imide groups is 1. The van der Waals surface area contributed by atoms with Crippen LogP contribution in [0.15, 0.2) is 36.4 Å². The lowest BCUT2D eigenvalue weighted by atomic mass is 9.86. The molecule has 1 N–H and O–H groups in total. The van der Waals surface area contributed by atoms with E-state index in [0.29, 0.717) is 11.6 Å². The summed E-state index contributed by atoms with van der Waals surface area (Å²) in [4.78, 5) is 51.9. The maximum Gasteiger partial charge on any atom is 0.338 e. The lowest BCUT2D eigenvalue weighted by Crippen LogP contribution is -2.42. The van der Waals surface area contributed by atoms with E-state index in [1.807, 2.05) is 26.0 Å². The third kappa shape index (κ3) is 4.53. The number of hydrogen-bond donors (Lipinski definition) is 1. The Morgan fingerprint density at radius 2 is 1.73 bits per heavy atom. The number of carbonyl (C=O) groups excluding carboxylic acids is 4. The molecule has 2 aromatic rings. The minimum Gasteiger partial charge on any atom is -0.452 e. The molecule has 1 aliphatic carbocycles. The van der Waals surface area contributed by atoms with E-state index in [4.69, 9.17) is 4.74 Å². The van der Waals surface area contributed by atoms with Crippen molar-refractivity contribution in [3.63, 3.8) is 0 Å². The van der Waals surface area contributed by atoms with Gasteiger partial charge in [-0.05, 0) is 68.0 Å². The van der Waals surface area contributed by atoms with Crippen LogP contribution in [0.3, 0.4) is 0 Å². The largest absolute Gasteiger partial charge is 0.452 e. The molecule has 33 heavy (non-hydrogen) atoms. The van der Waals surface area contributed by atoms with Crippen molar-refractivity contribution >= 4 is 29.4 Å². The molecule has 7 nitrogen and oxygen atoms in total. The summed E-state index contributed by atoms with van der Waals surface area (Å²) in [5, 5.41) is 2.94. The van der Waals surface area contributed by atoms with E-state index in [2.05, 4.69) is 12.2 Å². The van der Waals surface area contributed by atoms with E-state index in [0.717, 1.165) is 35.3 Å². The van der Waals surface area contributed by atoms with Crippen LogP contribution in [0.1, 0.15) is 74.8 Å². The molecule has 0 unspecified atom stereocenters. The summed E-state index contributed by atoms with van der Waals surface area (Å²) in [7, 11) is 0. The first kappa shape index (κ1) is 22.7. The maximum absolute atomic E-state index is 13.1. The molecule has 7 heteroatoms. The van der Waals surface area contributed by atoms with Crippen molar-refractivity contribution in [3.05, 3.63) is 64.2 Å². The number of hydrogen-bond acceptors (Lipinski definition) is 5. The van der Waals surface area contributed by atoms with Gasteiger partial charge in [-0.1, -0.05) is 31.9 Å². The fourth-order valence-corrected chi connectivity index (χ4v) is 4.54. The van der Waals surface area contributed by atoms with Gasteiger partial charge < -0.3 is 10.1 Å². The monoisotopic (exact) mass is 448 g/mol. The predicted molar refractivity (Wildman–Crippen MR) is 123 cm³/mol. The minimum absolute atomic E-state index is 0.102. The van der Waals surface area contributed by atoms with Gasteiger partial charge in [-0.15, -0.1) is 0 Å². The zero-order valence-electron chi connectivity index (χ0n) is 19.1. The molecule has 3 amide bonds. The normalized spacial score (nSPS) is 19.9. The molecule has 0 spiro atoms. The predicted octanol–water partition coefficient (Wildman–Crippen LogP) is 3.96. The number of esters is 1. The summed E-state index contributed by atoms with van der Waals surface area (Å²) in [6, 6.07) is 9.93. The summed E-state index contributed by atoms with van der Waals surface area (Å²) >= 11 is 0. The highest BCUT2D eigenvalue weighted by Gasteiger charge is 2.38. The van der Waals surface area contributed by atoms with Gasteiger partial charge in [0.15, 0.2) is 6.61 Å². The number of nitrogens with one attached hydrogen (secondary N) is 1. The first-order valence-electron chi connectivity index (χ1n) is 11.3. The van der Waals surface area contributed by atoms with Gasteiger partial charge in [-0.25, -0.2) is 9.69 Å². The molecule has 0 bridgehead atoms. The van der Waals surface area contributed by atoms with E-state index in [1.165, 1.54) is 24.6 Å². The Hall–Kier alpha value is -3.48. The molecular formula is C26H28N2O5. The average Bonchev–Trinajstić information content (AvgIpc) is 3.05. The van der Waals surface area contributed by atoms with Gasteiger partial charge in [0.2, 0.25) is 0 Å². The Bertz CT molecular complexity index is 1140. The van der Waals surface area contributed by atoms with Gasteiger partial charge in [0.25, 0.3) is 17.7 Å². The lowest BCUT2D eigenvalue weighted by molar-refractivity contribution is -0.125. The Kier molecular flexibility index (Phi) is 6.31. The fraction of sp³-hybridized carbons (Fsp3) is 0.385. The topological polar surface area (TPSA) is 92.8 Å². The van der Waals surface area contributed by atoms with E-state index in [9.17, 15) is 19.2 Å². The van der Waals surface area contributed by atoms with Crippen molar-refractivity contribution in [2.24, 2.45) is 5.92 Å². The summed E-state index contributed by atoms with van der Waals surface area (Å²) < 4.78 is 5.17. The van der Waals surface area contributed by atoms with E-state index in [1.54, 1.807) is 6.07 Å². The van der Waals surface area contributed by atoms with Gasteiger partial charge in [0.1, 0.15) is 0 Å². The Morgan fingerprint density at radius 1 is 1.00 bits per heavy atom. The molecule has 2 aliphatic rings. The fourth-order valence-electron chi connectivity index (χ4n) is 4.54. The maximum atomic E-state index is 13.1. The number of anilines is 1. The highest BCUT2D eigenvalue weighted by atomic mass is 16.5. The van der Waals surface area contributed by atoms with Gasteiger partial charge in [0, 0.05) is 6.04 Å². The minimum atomic E-state index is -0.713. The number of carbonyl (C=O) groups is 4. The van der Waals surface area contributed by atoms with Gasteiger partial charge in [0.05, 0.1) is 22.4 Å². The van der Waals surface area contributed by atoms with Crippen molar-refractivity contribution in [2.45, 2.75) is 52.5 Å². The Balaban J connectivity index is 1.45. The Morgan fingerprint density at radius 3 is 2.48 bits per heavy atom. The summed E-state index contributed by atoms with van der Waals surface area (Å²) in [5.74, 6) is -1.56. The van der Waals surface area contributed by atoms with Crippen LogP contribution < -0.4 is 10.2 Å². The van der Waals surface area contributed by atoms with Crippen LogP contribution in [0, 0.1) is 19.8 Å². The van der Waals surface area contributed by atoms with Crippen LogP contribution >= 0.6 is 0 Å². The van der Waals surface area contributed by atoms with Crippen LogP contribution in [0.2, 0.25) is 0 Å². The number of nitrogens with zero attached hydrogens (tertiary/aromatic N) is 1. The first-order chi connectivity index (χ1) is 15.8. The molecule has 0 aromatic heterocycles. The number of ether oxygens (including phenoxy) is 1. The molecule has 1 aliphatic heterocycles. The number of rotatable bonds is 5. The van der Waals surface area contributed by atoms with E-state index < -0.39 is 17.8 Å². The zero-order valence-corrected chi connectivity index (χ0v) is 19.1. The smallest absolute Gasteiger partial charge is 0.338 e. The molecule has 2 atom stereocenters. The Labute approximate surface area is 193 Å². The lowest BCUT2D eigenvalue weighted by Gasteiger charge is -2.29. The van der Waals surface area contributed by atoms with Gasteiger partial charge in [-0.2, -0.15) is 0 Å². The number of fused-ring (bicyclic) bond motifs is 1. The van der Waals surface area contributed by atoms with Crippen molar-refractivity contribution in [1.29, 1.82) is 0 Å². The molecule has 1 heterocycles. The third-order valence-corrected chi connectivity index (χ3v) is 6.52. The van der Waals surface area contributed by atoms with Crippen LogP contribution in [-0.2, 0) is 9.53 Å². The van der Waals surface area contributed by atoms with Crippen molar-refractivity contribution in [1.82, 2.24) is 5.32 Å². The number of aryl methyl sites for hydroxylation is 2. The zero-order chi connectivity index (χ0) is 23.7. The van der Waals surface area contributed by atoms with E-state index in [-0.39, 0.29) is 35.2 Å². The second-order valence-corrected chi connectivity index (χ2v) is 9.01. The molecule has 4 rings (SSSR count). The molecule has 2 aromatic carbocycles. The van der Waals surface area contributed by atoms with Gasteiger partial charge >= 0.3 is 5.97 Å². The molecule has 1 fully saturated rings. The van der Waals surface area contributed by atoms with Crippen molar-refractivity contribution in [2.75, 3.05) is 11.5 Å². The van der Waals surface area contributed by atoms with Crippen molar-refractivity contribution in [3.8, 4) is 0 Å². The summed E-state index contributed by atoms with van der Waals surface area (Å²) in [6.07, 6.45) is 4.25. The molecule has 172 valence electrons. The molecule has 1 saturated carbocycles. The van der Waals surface area contributed by atoms with Crippen LogP contribution in [0.4, 0.5) is 5.69 Å². The molecule has 0 radical (unpaired) electrons. The SMILES string of the molecule is Cc1ccc(C)c(N2C(=O)c3ccc(C(=O)OCC(=O)N[C@H]4CCCC[C@H]4C)cc3C2=O)c1. The van der Waals surface area contributed by atoms with E-state index >= 15 is 0 Å². The summed E-state index contributed by atoms with van der Waals surface area (Å²) in [6.45, 7) is 5.45. The molecule has 0 saturated heterocycles. The second kappa shape index (κ2) is 9.17. The average molecular weight is 449 g/mol. The quantitative estimate of drug-likeness (QED) is 0.552. The molecular weight excluding hydrogens is 420 g/mol. The van der Waals surface area contributed by atoms with Gasteiger partial charge in [-0.3, -0.25) is 14.4 Å². The number of benzene rings is 2. The van der Waals surface area contributed by atoms with Crippen LogP contribution in [0.25, 0.3) is 0 Å². The van der Waals surface area contributed by atoms with Crippen LogP contribution in [-0.4, -0.2) is 36.3 Å².